The summed E-state index contributed by atoms with van der Waals surface area (Å²) in [5.74, 6) is 0.748. The van der Waals surface area contributed by atoms with Gasteiger partial charge in [-0.1, -0.05) is 60.2 Å². The van der Waals surface area contributed by atoms with Crippen molar-refractivity contribution in [1.82, 2.24) is 4.90 Å². The number of guanidine groups is 1. The molecule has 2 aromatic carbocycles. The average molecular weight is 333 g/mol. The molecule has 0 bridgehead atoms. The number of nitrogens with two attached hydrogens (primary N) is 1. The van der Waals surface area contributed by atoms with Crippen molar-refractivity contribution in [2.75, 3.05) is 0 Å². The molecule has 0 aliphatic carbocycles. The van der Waals surface area contributed by atoms with Gasteiger partial charge in [-0.15, -0.1) is 0 Å². The Kier molecular flexibility index (Phi) is 4.48. The lowest BCUT2D eigenvalue weighted by Gasteiger charge is -2.37. The molecular weight excluding hydrogens is 306 g/mol. The Labute approximate surface area is 150 Å². The molecule has 3 nitrogen and oxygen atoms in total. The van der Waals surface area contributed by atoms with E-state index in [0.29, 0.717) is 12.1 Å². The maximum atomic E-state index is 6.41. The van der Waals surface area contributed by atoms with Crippen molar-refractivity contribution in [2.24, 2.45) is 10.7 Å². The summed E-state index contributed by atoms with van der Waals surface area (Å²) < 4.78 is 0. The molecule has 0 aromatic heterocycles. The molecule has 2 N–H and O–H groups in total. The van der Waals surface area contributed by atoms with Gasteiger partial charge in [0.15, 0.2) is 5.96 Å². The summed E-state index contributed by atoms with van der Waals surface area (Å²) in [6.45, 7) is 2.12. The van der Waals surface area contributed by atoms with E-state index in [1.807, 2.05) is 0 Å². The number of nitrogens with zero attached hydrogens (tertiary/aromatic N) is 2. The lowest BCUT2D eigenvalue weighted by atomic mass is 9.96. The minimum absolute atomic E-state index is 0.217. The number of fused-ring (bicyclic) bond motifs is 1. The van der Waals surface area contributed by atoms with Gasteiger partial charge < -0.3 is 10.6 Å². The van der Waals surface area contributed by atoms with Crippen LogP contribution < -0.4 is 5.73 Å². The summed E-state index contributed by atoms with van der Waals surface area (Å²) in [5.41, 5.74) is 10.4. The SMILES string of the molecule is Cc1ccc([C@H]2C[C@H]3CC[C@H](CCc4ccccc4)N3C(N)=N2)cc1. The van der Waals surface area contributed by atoms with E-state index in [2.05, 4.69) is 66.4 Å². The van der Waals surface area contributed by atoms with Gasteiger partial charge in [-0.3, -0.25) is 0 Å². The highest BCUT2D eigenvalue weighted by Crippen LogP contribution is 2.37. The van der Waals surface area contributed by atoms with Crippen LogP contribution >= 0.6 is 0 Å². The van der Waals surface area contributed by atoms with Crippen molar-refractivity contribution in [3.8, 4) is 0 Å². The Bertz CT molecular complexity index is 736. The van der Waals surface area contributed by atoms with Crippen molar-refractivity contribution in [3.05, 3.63) is 71.3 Å². The molecule has 1 fully saturated rings. The quantitative estimate of drug-likeness (QED) is 0.910. The molecule has 0 unspecified atom stereocenters. The minimum atomic E-state index is 0.217. The third kappa shape index (κ3) is 3.41. The zero-order valence-corrected chi connectivity index (χ0v) is 14.9. The Morgan fingerprint density at radius 1 is 1.04 bits per heavy atom. The van der Waals surface area contributed by atoms with Crippen LogP contribution in [0.2, 0.25) is 0 Å². The highest BCUT2D eigenvalue weighted by Gasteiger charge is 2.39. The number of rotatable bonds is 4. The van der Waals surface area contributed by atoms with E-state index >= 15 is 0 Å². The minimum Gasteiger partial charge on any atom is -0.370 e. The molecular formula is C22H27N3. The van der Waals surface area contributed by atoms with Gasteiger partial charge in [0.1, 0.15) is 0 Å². The van der Waals surface area contributed by atoms with E-state index in [4.69, 9.17) is 10.7 Å². The summed E-state index contributed by atoms with van der Waals surface area (Å²) >= 11 is 0. The summed E-state index contributed by atoms with van der Waals surface area (Å²) in [7, 11) is 0. The van der Waals surface area contributed by atoms with E-state index in [9.17, 15) is 0 Å². The van der Waals surface area contributed by atoms with Crippen LogP contribution in [0, 0.1) is 6.92 Å². The molecule has 1 saturated heterocycles. The molecule has 130 valence electrons. The van der Waals surface area contributed by atoms with Crippen molar-refractivity contribution in [2.45, 2.75) is 57.2 Å². The first-order chi connectivity index (χ1) is 12.2. The van der Waals surface area contributed by atoms with Gasteiger partial charge in [0, 0.05) is 12.1 Å². The number of hydrogen-bond donors (Lipinski definition) is 1. The van der Waals surface area contributed by atoms with Gasteiger partial charge in [-0.05, 0) is 50.2 Å². The number of hydrogen-bond acceptors (Lipinski definition) is 3. The second kappa shape index (κ2) is 6.91. The van der Waals surface area contributed by atoms with Gasteiger partial charge in [0.05, 0.1) is 6.04 Å². The second-order valence-corrected chi connectivity index (χ2v) is 7.47. The van der Waals surface area contributed by atoms with Crippen molar-refractivity contribution < 1.29 is 0 Å². The van der Waals surface area contributed by atoms with Crippen LogP contribution in [0.15, 0.2) is 59.6 Å². The molecule has 2 heterocycles. The molecule has 3 heteroatoms. The molecule has 2 aliphatic rings. The molecule has 2 aliphatic heterocycles. The Hall–Kier alpha value is -2.29. The number of aliphatic imine (C=N–C) groups is 1. The van der Waals surface area contributed by atoms with Gasteiger partial charge in [-0.25, -0.2) is 4.99 Å². The van der Waals surface area contributed by atoms with Crippen molar-refractivity contribution in [3.63, 3.8) is 0 Å². The second-order valence-electron chi connectivity index (χ2n) is 7.47. The fourth-order valence-corrected chi connectivity index (χ4v) is 4.36. The molecule has 25 heavy (non-hydrogen) atoms. The van der Waals surface area contributed by atoms with E-state index in [-0.39, 0.29) is 6.04 Å². The largest absolute Gasteiger partial charge is 0.370 e. The molecule has 0 spiro atoms. The highest BCUT2D eigenvalue weighted by atomic mass is 15.3. The zero-order chi connectivity index (χ0) is 17.2. The van der Waals surface area contributed by atoms with Gasteiger partial charge in [0.2, 0.25) is 0 Å². The molecule has 4 rings (SSSR count). The van der Waals surface area contributed by atoms with E-state index in [0.717, 1.165) is 25.2 Å². The van der Waals surface area contributed by atoms with Gasteiger partial charge in [0.25, 0.3) is 0 Å². The maximum absolute atomic E-state index is 6.41. The number of aryl methyl sites for hydroxylation is 2. The van der Waals surface area contributed by atoms with Crippen molar-refractivity contribution >= 4 is 5.96 Å². The van der Waals surface area contributed by atoms with E-state index in [1.54, 1.807) is 0 Å². The third-order valence-corrected chi connectivity index (χ3v) is 5.74. The Balaban J connectivity index is 1.46. The van der Waals surface area contributed by atoms with Crippen LogP contribution in [0.1, 0.15) is 48.4 Å². The first kappa shape index (κ1) is 16.2. The van der Waals surface area contributed by atoms with Crippen LogP contribution in [0.4, 0.5) is 0 Å². The molecule has 3 atom stereocenters. The van der Waals surface area contributed by atoms with Crippen LogP contribution in [-0.2, 0) is 6.42 Å². The van der Waals surface area contributed by atoms with Crippen LogP contribution in [0.3, 0.4) is 0 Å². The maximum Gasteiger partial charge on any atom is 0.192 e. The third-order valence-electron chi connectivity index (χ3n) is 5.74. The fourth-order valence-electron chi connectivity index (χ4n) is 4.36. The van der Waals surface area contributed by atoms with Crippen LogP contribution in [0.25, 0.3) is 0 Å². The molecule has 0 saturated carbocycles. The summed E-state index contributed by atoms with van der Waals surface area (Å²) in [5, 5.41) is 0. The topological polar surface area (TPSA) is 41.6 Å². The Morgan fingerprint density at radius 2 is 1.80 bits per heavy atom. The van der Waals surface area contributed by atoms with Gasteiger partial charge in [-0.2, -0.15) is 0 Å². The van der Waals surface area contributed by atoms with Crippen LogP contribution in [-0.4, -0.2) is 22.9 Å². The lowest BCUT2D eigenvalue weighted by Crippen LogP contribution is -2.48. The lowest BCUT2D eigenvalue weighted by molar-refractivity contribution is 0.256. The predicted octanol–water partition coefficient (Wildman–Crippen LogP) is 4.22. The molecule has 0 amide bonds. The van der Waals surface area contributed by atoms with E-state index < -0.39 is 0 Å². The van der Waals surface area contributed by atoms with Gasteiger partial charge >= 0.3 is 0 Å². The van der Waals surface area contributed by atoms with Crippen LogP contribution in [0.5, 0.6) is 0 Å². The molecule has 2 aromatic rings. The molecule has 0 radical (unpaired) electrons. The first-order valence-corrected chi connectivity index (χ1v) is 9.43. The highest BCUT2D eigenvalue weighted by molar-refractivity contribution is 5.80. The monoisotopic (exact) mass is 333 g/mol. The predicted molar refractivity (Wildman–Crippen MR) is 104 cm³/mol. The van der Waals surface area contributed by atoms with E-state index in [1.165, 1.54) is 29.5 Å². The summed E-state index contributed by atoms with van der Waals surface area (Å²) in [6, 6.07) is 20.8. The Morgan fingerprint density at radius 3 is 2.56 bits per heavy atom. The first-order valence-electron chi connectivity index (χ1n) is 9.43. The normalized spacial score (nSPS) is 25.6. The average Bonchev–Trinajstić information content (AvgIpc) is 3.05. The summed E-state index contributed by atoms with van der Waals surface area (Å²) in [6.07, 6.45) is 5.83. The zero-order valence-electron chi connectivity index (χ0n) is 14.9. The summed E-state index contributed by atoms with van der Waals surface area (Å²) in [4.78, 5) is 7.26. The smallest absolute Gasteiger partial charge is 0.192 e. The standard InChI is InChI=1S/C22H27N3/c1-16-7-10-18(11-8-16)21-15-20-14-13-19(25(20)22(23)24-21)12-9-17-5-3-2-4-6-17/h2-8,10-11,19-21H,9,12-15H2,1H3,(H2,23,24)/t19-,20+,21+/m0/s1. The van der Waals surface area contributed by atoms with Crippen molar-refractivity contribution in [1.29, 1.82) is 0 Å². The number of benzene rings is 2. The fraction of sp³-hybridized carbons (Fsp3) is 0.409.